The molecule has 136 valence electrons. The SMILES string of the molecule is N#Cc1sccc1NC(=O)c1ccc2ccc(N3CC4CCC3CN4)nn12. The molecule has 8 heteroatoms. The number of aromatic nitrogens is 2. The number of fused-ring (bicyclic) bond motifs is 4. The summed E-state index contributed by atoms with van der Waals surface area (Å²) >= 11 is 1.31. The average Bonchev–Trinajstić information content (AvgIpc) is 3.34. The number of thiophene rings is 1. The Morgan fingerprint density at radius 1 is 1.30 bits per heavy atom. The predicted molar refractivity (Wildman–Crippen MR) is 104 cm³/mol. The van der Waals surface area contributed by atoms with Crippen molar-refractivity contribution in [3.8, 4) is 6.07 Å². The van der Waals surface area contributed by atoms with E-state index in [2.05, 4.69) is 21.6 Å². The number of hydrogen-bond donors (Lipinski definition) is 2. The average molecular weight is 378 g/mol. The third-order valence-corrected chi connectivity index (χ3v) is 6.20. The van der Waals surface area contributed by atoms with E-state index in [9.17, 15) is 4.79 Å². The first-order chi connectivity index (χ1) is 13.2. The van der Waals surface area contributed by atoms with E-state index in [-0.39, 0.29) is 5.91 Å². The number of nitrogens with one attached hydrogen (secondary N) is 2. The lowest BCUT2D eigenvalue weighted by Crippen LogP contribution is -2.61. The van der Waals surface area contributed by atoms with Gasteiger partial charge in [0.05, 0.1) is 11.2 Å². The minimum Gasteiger partial charge on any atom is -0.349 e. The second-order valence-corrected chi connectivity index (χ2v) is 7.88. The molecule has 27 heavy (non-hydrogen) atoms. The van der Waals surface area contributed by atoms with Gasteiger partial charge in [-0.15, -0.1) is 16.4 Å². The smallest absolute Gasteiger partial charge is 0.274 e. The van der Waals surface area contributed by atoms with Crippen LogP contribution in [0.2, 0.25) is 0 Å². The summed E-state index contributed by atoms with van der Waals surface area (Å²) in [7, 11) is 0. The molecule has 3 fully saturated rings. The molecule has 1 amide bonds. The van der Waals surface area contributed by atoms with Gasteiger partial charge < -0.3 is 15.5 Å². The van der Waals surface area contributed by atoms with Crippen molar-refractivity contribution < 1.29 is 4.79 Å². The normalized spacial score (nSPS) is 21.4. The second-order valence-electron chi connectivity index (χ2n) is 6.96. The Morgan fingerprint density at radius 3 is 2.93 bits per heavy atom. The fraction of sp³-hybridized carbons (Fsp3) is 0.316. The number of rotatable bonds is 3. The van der Waals surface area contributed by atoms with Gasteiger partial charge in [0, 0.05) is 25.2 Å². The summed E-state index contributed by atoms with van der Waals surface area (Å²) in [6.45, 7) is 1.94. The van der Waals surface area contributed by atoms with Crippen molar-refractivity contribution in [2.75, 3.05) is 23.3 Å². The zero-order valence-corrected chi connectivity index (χ0v) is 15.4. The molecule has 2 bridgehead atoms. The van der Waals surface area contributed by atoms with Gasteiger partial charge in [-0.05, 0) is 48.6 Å². The van der Waals surface area contributed by atoms with Crippen LogP contribution in [0.1, 0.15) is 28.2 Å². The van der Waals surface area contributed by atoms with Crippen LogP contribution in [-0.4, -0.2) is 40.7 Å². The third kappa shape index (κ3) is 2.76. The maximum atomic E-state index is 12.8. The summed E-state index contributed by atoms with van der Waals surface area (Å²) in [5.74, 6) is 0.633. The first-order valence-electron chi connectivity index (χ1n) is 9.01. The number of piperazine rings is 1. The number of carbonyl (C=O) groups excluding carboxylic acids is 1. The quantitative estimate of drug-likeness (QED) is 0.731. The van der Waals surface area contributed by atoms with Crippen LogP contribution in [0.4, 0.5) is 11.5 Å². The van der Waals surface area contributed by atoms with Crippen LogP contribution in [0.3, 0.4) is 0 Å². The van der Waals surface area contributed by atoms with Gasteiger partial charge in [-0.25, -0.2) is 4.52 Å². The first-order valence-corrected chi connectivity index (χ1v) is 9.88. The van der Waals surface area contributed by atoms with E-state index in [0.29, 0.717) is 28.3 Å². The minimum atomic E-state index is -0.267. The van der Waals surface area contributed by atoms with E-state index in [1.54, 1.807) is 22.0 Å². The monoisotopic (exact) mass is 378 g/mol. The first kappa shape index (κ1) is 16.3. The maximum absolute atomic E-state index is 12.8. The molecule has 0 aliphatic carbocycles. The van der Waals surface area contributed by atoms with Gasteiger partial charge in [0.2, 0.25) is 0 Å². The standard InChI is InChI=1S/C19H18N6OS/c20-9-17-15(7-8-27-17)22-19(26)16-5-3-13-4-6-18(23-25(13)16)24-11-12-1-2-14(24)10-21-12/h3-8,12,14,21H,1-2,10-11H2,(H,22,26). The molecule has 3 saturated heterocycles. The van der Waals surface area contributed by atoms with Crippen LogP contribution in [0, 0.1) is 11.3 Å². The van der Waals surface area contributed by atoms with Crippen molar-refractivity contribution in [1.82, 2.24) is 14.9 Å². The Morgan fingerprint density at radius 2 is 2.19 bits per heavy atom. The number of carbonyl (C=O) groups is 1. The van der Waals surface area contributed by atoms with Gasteiger partial charge in [-0.1, -0.05) is 0 Å². The van der Waals surface area contributed by atoms with E-state index in [0.717, 1.165) is 24.4 Å². The summed E-state index contributed by atoms with van der Waals surface area (Å²) in [4.78, 5) is 15.6. The van der Waals surface area contributed by atoms with Crippen LogP contribution < -0.4 is 15.5 Å². The van der Waals surface area contributed by atoms with Crippen molar-refractivity contribution >= 4 is 34.3 Å². The molecule has 6 heterocycles. The Bertz CT molecular complexity index is 1060. The molecule has 2 unspecified atom stereocenters. The molecule has 3 aromatic heterocycles. The lowest BCUT2D eigenvalue weighted by molar-refractivity contribution is 0.102. The van der Waals surface area contributed by atoms with Crippen molar-refractivity contribution in [3.05, 3.63) is 46.3 Å². The number of nitrogens with zero attached hydrogens (tertiary/aromatic N) is 4. The summed E-state index contributed by atoms with van der Waals surface area (Å²) in [6, 6.07) is 12.5. The zero-order chi connectivity index (χ0) is 18.4. The van der Waals surface area contributed by atoms with Crippen LogP contribution in [-0.2, 0) is 0 Å². The molecule has 2 N–H and O–H groups in total. The van der Waals surface area contributed by atoms with Gasteiger partial charge in [-0.2, -0.15) is 5.26 Å². The Labute approximate surface area is 160 Å². The number of anilines is 2. The largest absolute Gasteiger partial charge is 0.349 e. The fourth-order valence-electron chi connectivity index (χ4n) is 3.97. The molecule has 0 spiro atoms. The Kier molecular flexibility index (Phi) is 3.85. The van der Waals surface area contributed by atoms with Gasteiger partial charge in [-0.3, -0.25) is 4.79 Å². The summed E-state index contributed by atoms with van der Waals surface area (Å²) < 4.78 is 1.69. The number of amides is 1. The molecule has 0 radical (unpaired) electrons. The highest BCUT2D eigenvalue weighted by Gasteiger charge is 2.34. The van der Waals surface area contributed by atoms with E-state index in [1.165, 1.54) is 24.2 Å². The van der Waals surface area contributed by atoms with Crippen molar-refractivity contribution in [1.29, 1.82) is 5.26 Å². The van der Waals surface area contributed by atoms with E-state index >= 15 is 0 Å². The molecular weight excluding hydrogens is 360 g/mol. The van der Waals surface area contributed by atoms with Crippen molar-refractivity contribution in [2.45, 2.75) is 24.9 Å². The predicted octanol–water partition coefficient (Wildman–Crippen LogP) is 2.46. The second kappa shape index (κ2) is 6.37. The molecule has 0 aromatic carbocycles. The van der Waals surface area contributed by atoms with Crippen molar-refractivity contribution in [3.63, 3.8) is 0 Å². The summed E-state index contributed by atoms with van der Waals surface area (Å²) in [5, 5.41) is 22.1. The lowest BCUT2D eigenvalue weighted by atomic mass is 9.93. The van der Waals surface area contributed by atoms with Crippen LogP contribution >= 0.6 is 11.3 Å². The molecule has 0 saturated carbocycles. The number of hydrogen-bond acceptors (Lipinski definition) is 6. The highest BCUT2D eigenvalue weighted by Crippen LogP contribution is 2.27. The van der Waals surface area contributed by atoms with Gasteiger partial charge in [0.15, 0.2) is 0 Å². The highest BCUT2D eigenvalue weighted by molar-refractivity contribution is 7.11. The summed E-state index contributed by atoms with van der Waals surface area (Å²) in [6.07, 6.45) is 2.38. The van der Waals surface area contributed by atoms with E-state index < -0.39 is 0 Å². The van der Waals surface area contributed by atoms with Crippen LogP contribution in [0.15, 0.2) is 35.7 Å². The fourth-order valence-corrected chi connectivity index (χ4v) is 4.61. The Balaban J connectivity index is 1.47. The lowest BCUT2D eigenvalue weighted by Gasteiger charge is -2.46. The molecule has 3 aromatic rings. The van der Waals surface area contributed by atoms with Crippen molar-refractivity contribution in [2.24, 2.45) is 0 Å². The third-order valence-electron chi connectivity index (χ3n) is 5.38. The zero-order valence-electron chi connectivity index (χ0n) is 14.6. The highest BCUT2D eigenvalue weighted by atomic mass is 32.1. The van der Waals surface area contributed by atoms with E-state index in [1.807, 2.05) is 18.2 Å². The molecule has 7 nitrogen and oxygen atoms in total. The molecule has 3 aliphatic rings. The topological polar surface area (TPSA) is 85.5 Å². The van der Waals surface area contributed by atoms with Gasteiger partial charge >= 0.3 is 0 Å². The number of nitriles is 1. The van der Waals surface area contributed by atoms with Crippen LogP contribution in [0.25, 0.3) is 5.52 Å². The molecular formula is C19H18N6OS. The maximum Gasteiger partial charge on any atom is 0.274 e. The minimum absolute atomic E-state index is 0.267. The molecule has 2 atom stereocenters. The molecule has 6 rings (SSSR count). The van der Waals surface area contributed by atoms with Crippen LogP contribution in [0.5, 0.6) is 0 Å². The van der Waals surface area contributed by atoms with E-state index in [4.69, 9.17) is 10.4 Å². The van der Waals surface area contributed by atoms with Gasteiger partial charge in [0.1, 0.15) is 22.5 Å². The molecule has 3 aliphatic heterocycles. The van der Waals surface area contributed by atoms with Gasteiger partial charge in [0.25, 0.3) is 5.91 Å². The summed E-state index contributed by atoms with van der Waals surface area (Å²) in [5.41, 5.74) is 1.87. The number of piperidine rings is 2. The Hall–Kier alpha value is -2.89.